The zero-order chi connectivity index (χ0) is 9.84. The molecule has 72 valence electrons. The number of carbonyl (C=O) groups excluding carboxylic acids is 1. The molecule has 4 nitrogen and oxygen atoms in total. The van der Waals surface area contributed by atoms with E-state index in [0.29, 0.717) is 12.2 Å². The quantitative estimate of drug-likeness (QED) is 0.657. The minimum atomic E-state index is 0.164. The average molecular weight is 182 g/mol. The number of carbonyl (C=O) groups is 1. The molecule has 0 fully saturated rings. The van der Waals surface area contributed by atoms with Gasteiger partial charge in [-0.2, -0.15) is 5.10 Å². The van der Waals surface area contributed by atoms with E-state index in [2.05, 4.69) is 5.10 Å². The Hall–Kier alpha value is -1.16. The Morgan fingerprint density at radius 3 is 2.92 bits per heavy atom. The van der Waals surface area contributed by atoms with Crippen molar-refractivity contribution >= 4 is 6.29 Å². The van der Waals surface area contributed by atoms with E-state index in [-0.39, 0.29) is 6.04 Å². The second kappa shape index (κ2) is 4.18. The number of rotatable bonds is 4. The number of aryl methyl sites for hydroxylation is 1. The van der Waals surface area contributed by atoms with Gasteiger partial charge in [0, 0.05) is 13.3 Å². The molecule has 1 aromatic rings. The highest BCUT2D eigenvalue weighted by Gasteiger charge is 2.08. The van der Waals surface area contributed by atoms with Crippen molar-refractivity contribution in [2.75, 3.05) is 13.7 Å². The largest absolute Gasteiger partial charge is 0.382 e. The third-order valence-corrected chi connectivity index (χ3v) is 1.94. The molecule has 0 aliphatic heterocycles. The summed E-state index contributed by atoms with van der Waals surface area (Å²) in [5.41, 5.74) is 1.40. The first-order valence-corrected chi connectivity index (χ1v) is 4.19. The molecule has 0 saturated heterocycles. The SMILES string of the molecule is COCC(C)n1cc(C=O)c(C)n1. The summed E-state index contributed by atoms with van der Waals surface area (Å²) in [5.74, 6) is 0. The van der Waals surface area contributed by atoms with Crippen LogP contribution in [-0.2, 0) is 4.74 Å². The van der Waals surface area contributed by atoms with Gasteiger partial charge >= 0.3 is 0 Å². The van der Waals surface area contributed by atoms with Crippen LogP contribution in [0.3, 0.4) is 0 Å². The second-order valence-electron chi connectivity index (χ2n) is 3.07. The highest BCUT2D eigenvalue weighted by atomic mass is 16.5. The number of methoxy groups -OCH3 is 1. The minimum Gasteiger partial charge on any atom is -0.382 e. The van der Waals surface area contributed by atoms with Gasteiger partial charge in [0.15, 0.2) is 6.29 Å². The first-order valence-electron chi connectivity index (χ1n) is 4.19. The van der Waals surface area contributed by atoms with Gasteiger partial charge in [0.25, 0.3) is 0 Å². The summed E-state index contributed by atoms with van der Waals surface area (Å²) in [4.78, 5) is 10.5. The summed E-state index contributed by atoms with van der Waals surface area (Å²) in [7, 11) is 1.65. The smallest absolute Gasteiger partial charge is 0.153 e. The molecule has 13 heavy (non-hydrogen) atoms. The van der Waals surface area contributed by atoms with Gasteiger partial charge in [-0.3, -0.25) is 9.48 Å². The van der Waals surface area contributed by atoms with E-state index >= 15 is 0 Å². The molecular formula is C9H14N2O2. The van der Waals surface area contributed by atoms with Crippen LogP contribution in [0.25, 0.3) is 0 Å². The Labute approximate surface area is 77.5 Å². The van der Waals surface area contributed by atoms with Crippen LogP contribution in [0, 0.1) is 6.92 Å². The number of ether oxygens (including phenoxy) is 1. The van der Waals surface area contributed by atoms with Gasteiger partial charge in [-0.1, -0.05) is 0 Å². The Morgan fingerprint density at radius 1 is 1.77 bits per heavy atom. The summed E-state index contributed by atoms with van der Waals surface area (Å²) >= 11 is 0. The summed E-state index contributed by atoms with van der Waals surface area (Å²) in [6, 6.07) is 0.164. The first-order chi connectivity index (χ1) is 6.19. The van der Waals surface area contributed by atoms with Crippen molar-refractivity contribution in [3.63, 3.8) is 0 Å². The fourth-order valence-electron chi connectivity index (χ4n) is 1.15. The molecule has 0 N–H and O–H groups in total. The van der Waals surface area contributed by atoms with Crippen LogP contribution in [0.15, 0.2) is 6.20 Å². The van der Waals surface area contributed by atoms with Crippen molar-refractivity contribution in [1.82, 2.24) is 9.78 Å². The maximum atomic E-state index is 10.5. The summed E-state index contributed by atoms with van der Waals surface area (Å²) in [6.07, 6.45) is 2.56. The monoisotopic (exact) mass is 182 g/mol. The lowest BCUT2D eigenvalue weighted by atomic mass is 10.3. The van der Waals surface area contributed by atoms with Gasteiger partial charge in [0.2, 0.25) is 0 Å². The van der Waals surface area contributed by atoms with Crippen LogP contribution in [0.1, 0.15) is 29.0 Å². The summed E-state index contributed by atoms with van der Waals surface area (Å²) < 4.78 is 6.74. The molecule has 1 rings (SSSR count). The Morgan fingerprint density at radius 2 is 2.46 bits per heavy atom. The predicted octanol–water partition coefficient (Wildman–Crippen LogP) is 1.21. The van der Waals surface area contributed by atoms with Gasteiger partial charge in [0.1, 0.15) is 0 Å². The topological polar surface area (TPSA) is 44.1 Å². The van der Waals surface area contributed by atoms with Crippen LogP contribution in [0.5, 0.6) is 0 Å². The number of hydrogen-bond acceptors (Lipinski definition) is 3. The Kier molecular flexibility index (Phi) is 3.19. The molecule has 1 unspecified atom stereocenters. The van der Waals surface area contributed by atoms with Crippen molar-refractivity contribution < 1.29 is 9.53 Å². The van der Waals surface area contributed by atoms with Crippen molar-refractivity contribution in [3.8, 4) is 0 Å². The van der Waals surface area contributed by atoms with Crippen molar-refractivity contribution in [3.05, 3.63) is 17.5 Å². The van der Waals surface area contributed by atoms with Gasteiger partial charge in [-0.15, -0.1) is 0 Å². The molecule has 1 atom stereocenters. The number of aldehydes is 1. The molecule has 0 amide bonds. The maximum Gasteiger partial charge on any atom is 0.153 e. The van der Waals surface area contributed by atoms with E-state index in [9.17, 15) is 4.79 Å². The molecule has 0 aromatic carbocycles. The van der Waals surface area contributed by atoms with Crippen molar-refractivity contribution in [1.29, 1.82) is 0 Å². The van der Waals surface area contributed by atoms with E-state index in [1.54, 1.807) is 18.0 Å². The van der Waals surface area contributed by atoms with Crippen LogP contribution in [0.2, 0.25) is 0 Å². The number of nitrogens with zero attached hydrogens (tertiary/aromatic N) is 2. The van der Waals surface area contributed by atoms with Crippen LogP contribution >= 0.6 is 0 Å². The van der Waals surface area contributed by atoms with Crippen LogP contribution in [0.4, 0.5) is 0 Å². The Balaban J connectivity index is 2.83. The molecule has 0 spiro atoms. The van der Waals surface area contributed by atoms with Gasteiger partial charge in [-0.05, 0) is 13.8 Å². The van der Waals surface area contributed by atoms with Crippen molar-refractivity contribution in [2.24, 2.45) is 0 Å². The zero-order valence-electron chi connectivity index (χ0n) is 8.15. The molecule has 1 aromatic heterocycles. The van der Waals surface area contributed by atoms with E-state index in [1.807, 2.05) is 13.8 Å². The van der Waals surface area contributed by atoms with Crippen LogP contribution in [-0.4, -0.2) is 29.8 Å². The van der Waals surface area contributed by atoms with Gasteiger partial charge in [0.05, 0.1) is 23.9 Å². The average Bonchev–Trinajstić information content (AvgIpc) is 2.47. The number of aromatic nitrogens is 2. The summed E-state index contributed by atoms with van der Waals surface area (Å²) in [5, 5.41) is 4.21. The standard InChI is InChI=1S/C9H14N2O2/c1-7(6-13-3)11-4-9(5-12)8(2)10-11/h4-5,7H,6H2,1-3H3. The highest BCUT2D eigenvalue weighted by Crippen LogP contribution is 2.09. The molecule has 0 radical (unpaired) electrons. The van der Waals surface area contributed by atoms with Crippen molar-refractivity contribution in [2.45, 2.75) is 19.9 Å². The zero-order valence-corrected chi connectivity index (χ0v) is 8.15. The molecule has 4 heteroatoms. The van der Waals surface area contributed by atoms with E-state index < -0.39 is 0 Å². The fourth-order valence-corrected chi connectivity index (χ4v) is 1.15. The summed E-state index contributed by atoms with van der Waals surface area (Å²) in [6.45, 7) is 4.41. The molecule has 0 aliphatic carbocycles. The predicted molar refractivity (Wildman–Crippen MR) is 48.9 cm³/mol. The van der Waals surface area contributed by atoms with Crippen LogP contribution < -0.4 is 0 Å². The Bertz CT molecular complexity index is 294. The van der Waals surface area contributed by atoms with Gasteiger partial charge in [-0.25, -0.2) is 0 Å². The first kappa shape index (κ1) is 9.92. The minimum absolute atomic E-state index is 0.164. The van der Waals surface area contributed by atoms with E-state index in [0.717, 1.165) is 12.0 Å². The van der Waals surface area contributed by atoms with Gasteiger partial charge < -0.3 is 4.74 Å². The maximum absolute atomic E-state index is 10.5. The third kappa shape index (κ3) is 2.15. The molecule has 0 bridgehead atoms. The van der Waals surface area contributed by atoms with E-state index in [4.69, 9.17) is 4.74 Å². The number of hydrogen-bond donors (Lipinski definition) is 0. The lowest BCUT2D eigenvalue weighted by Crippen LogP contribution is -2.11. The molecule has 1 heterocycles. The normalized spacial score (nSPS) is 12.8. The molecule has 0 saturated carbocycles. The lowest BCUT2D eigenvalue weighted by molar-refractivity contribution is 0.112. The second-order valence-corrected chi connectivity index (χ2v) is 3.07. The molecular weight excluding hydrogens is 168 g/mol. The lowest BCUT2D eigenvalue weighted by Gasteiger charge is -2.09. The fraction of sp³-hybridized carbons (Fsp3) is 0.556. The molecule has 0 aliphatic rings. The van der Waals surface area contributed by atoms with E-state index in [1.165, 1.54) is 0 Å². The highest BCUT2D eigenvalue weighted by molar-refractivity contribution is 5.75. The third-order valence-electron chi connectivity index (χ3n) is 1.94.